The van der Waals surface area contributed by atoms with E-state index in [1.165, 1.54) is 29.0 Å². The topological polar surface area (TPSA) is 56.4 Å². The minimum atomic E-state index is -0.0643. The maximum absolute atomic E-state index is 12.8. The molecule has 4 rings (SSSR count). The van der Waals surface area contributed by atoms with Crippen molar-refractivity contribution in [3.63, 3.8) is 0 Å². The maximum atomic E-state index is 12.8. The zero-order chi connectivity index (χ0) is 19.5. The van der Waals surface area contributed by atoms with Gasteiger partial charge in [-0.25, -0.2) is 0 Å². The highest BCUT2D eigenvalue weighted by atomic mass is 16.2. The van der Waals surface area contributed by atoms with E-state index in [4.69, 9.17) is 0 Å². The summed E-state index contributed by atoms with van der Waals surface area (Å²) in [6.45, 7) is 3.55. The molecular formula is C23H25N3O2. The average molecular weight is 375 g/mol. The molecule has 1 aliphatic heterocycles. The van der Waals surface area contributed by atoms with Crippen molar-refractivity contribution in [3.8, 4) is 0 Å². The lowest BCUT2D eigenvalue weighted by molar-refractivity contribution is -0.140. The average Bonchev–Trinajstić information content (AvgIpc) is 3.13. The van der Waals surface area contributed by atoms with Gasteiger partial charge in [0.15, 0.2) is 0 Å². The lowest BCUT2D eigenvalue weighted by Crippen LogP contribution is -2.44. The monoisotopic (exact) mass is 375 g/mol. The number of fused-ring (bicyclic) bond motifs is 2. The lowest BCUT2D eigenvalue weighted by atomic mass is 10.00. The second-order valence-corrected chi connectivity index (χ2v) is 7.38. The van der Waals surface area contributed by atoms with Crippen LogP contribution >= 0.6 is 0 Å². The van der Waals surface area contributed by atoms with E-state index < -0.39 is 0 Å². The Hall–Kier alpha value is -3.08. The molecule has 1 N–H and O–H groups in total. The summed E-state index contributed by atoms with van der Waals surface area (Å²) < 4.78 is 0. The first-order valence-corrected chi connectivity index (χ1v) is 9.77. The number of aromatic nitrogens is 1. The Morgan fingerprint density at radius 3 is 2.64 bits per heavy atom. The molecule has 144 valence electrons. The molecule has 0 fully saturated rings. The Morgan fingerprint density at radius 2 is 1.82 bits per heavy atom. The second-order valence-electron chi connectivity index (χ2n) is 7.38. The molecule has 0 spiro atoms. The van der Waals surface area contributed by atoms with E-state index in [0.29, 0.717) is 19.6 Å². The fraction of sp³-hybridized carbons (Fsp3) is 0.304. The van der Waals surface area contributed by atoms with Crippen LogP contribution in [-0.2, 0) is 29.0 Å². The maximum Gasteiger partial charge on any atom is 0.242 e. The van der Waals surface area contributed by atoms with Crippen LogP contribution in [0.1, 0.15) is 23.6 Å². The second kappa shape index (κ2) is 7.89. The zero-order valence-electron chi connectivity index (χ0n) is 16.1. The Morgan fingerprint density at radius 1 is 1.07 bits per heavy atom. The predicted molar refractivity (Wildman–Crippen MR) is 110 cm³/mol. The van der Waals surface area contributed by atoms with Gasteiger partial charge < -0.3 is 14.8 Å². The van der Waals surface area contributed by atoms with Crippen molar-refractivity contribution in [1.82, 2.24) is 14.8 Å². The highest BCUT2D eigenvalue weighted by Gasteiger charge is 2.23. The number of hydrogen-bond acceptors (Lipinski definition) is 2. The first kappa shape index (κ1) is 18.3. The van der Waals surface area contributed by atoms with Gasteiger partial charge in [0, 0.05) is 43.7 Å². The molecule has 3 aromatic rings. The summed E-state index contributed by atoms with van der Waals surface area (Å²) in [5.41, 5.74) is 4.78. The number of benzene rings is 2. The van der Waals surface area contributed by atoms with E-state index in [0.717, 1.165) is 18.4 Å². The third-order valence-corrected chi connectivity index (χ3v) is 5.58. The van der Waals surface area contributed by atoms with Crippen LogP contribution in [0.3, 0.4) is 0 Å². The number of H-pyrrole nitrogens is 1. The Bertz CT molecular complexity index is 1010. The highest BCUT2D eigenvalue weighted by Crippen LogP contribution is 2.20. The molecule has 2 heterocycles. The zero-order valence-corrected chi connectivity index (χ0v) is 16.1. The third-order valence-electron chi connectivity index (χ3n) is 5.58. The molecule has 5 heteroatoms. The SMILES string of the molecule is CC(=O)N(CCc1c[nH]c2ccccc12)CC(=O)N1CCc2ccccc2C1. The fourth-order valence-corrected chi connectivity index (χ4v) is 3.91. The minimum Gasteiger partial charge on any atom is -0.361 e. The molecule has 0 aliphatic carbocycles. The Balaban J connectivity index is 1.40. The standard InChI is InChI=1S/C23H25N3O2/c1-17(27)25(12-11-19-14-24-22-9-5-4-8-21(19)22)16-23(28)26-13-10-18-6-2-3-7-20(18)15-26/h2-9,14,24H,10-13,15-16H2,1H3. The van der Waals surface area contributed by atoms with Crippen LogP contribution in [0.25, 0.3) is 10.9 Å². The molecule has 0 saturated carbocycles. The molecule has 5 nitrogen and oxygen atoms in total. The molecule has 2 aromatic carbocycles. The predicted octanol–water partition coefficient (Wildman–Crippen LogP) is 3.14. The quantitative estimate of drug-likeness (QED) is 0.745. The number of hydrogen-bond donors (Lipinski definition) is 1. The number of para-hydroxylation sites is 1. The molecule has 28 heavy (non-hydrogen) atoms. The first-order chi connectivity index (χ1) is 13.6. The van der Waals surface area contributed by atoms with Crippen molar-refractivity contribution >= 4 is 22.7 Å². The highest BCUT2D eigenvalue weighted by molar-refractivity contribution is 5.85. The summed E-state index contributed by atoms with van der Waals surface area (Å²) in [6.07, 6.45) is 3.59. The summed E-state index contributed by atoms with van der Waals surface area (Å²) >= 11 is 0. The summed E-state index contributed by atoms with van der Waals surface area (Å²) in [5, 5.41) is 1.17. The molecular weight excluding hydrogens is 350 g/mol. The van der Waals surface area contributed by atoms with Gasteiger partial charge in [-0.05, 0) is 35.6 Å². The molecule has 0 unspecified atom stereocenters. The molecule has 0 saturated heterocycles. The van der Waals surface area contributed by atoms with Crippen molar-refractivity contribution < 1.29 is 9.59 Å². The summed E-state index contributed by atoms with van der Waals surface area (Å²) in [4.78, 5) is 31.7. The van der Waals surface area contributed by atoms with Gasteiger partial charge in [-0.15, -0.1) is 0 Å². The van der Waals surface area contributed by atoms with Crippen LogP contribution in [0.15, 0.2) is 54.7 Å². The van der Waals surface area contributed by atoms with Crippen LogP contribution in [0.4, 0.5) is 0 Å². The van der Waals surface area contributed by atoms with Crippen molar-refractivity contribution in [3.05, 3.63) is 71.4 Å². The summed E-state index contributed by atoms with van der Waals surface area (Å²) in [7, 11) is 0. The van der Waals surface area contributed by atoms with Crippen LogP contribution in [0, 0.1) is 0 Å². The smallest absolute Gasteiger partial charge is 0.242 e. The van der Waals surface area contributed by atoms with Crippen molar-refractivity contribution in [2.24, 2.45) is 0 Å². The lowest BCUT2D eigenvalue weighted by Gasteiger charge is -2.31. The molecule has 2 amide bonds. The van der Waals surface area contributed by atoms with Gasteiger partial charge in [0.05, 0.1) is 6.54 Å². The van der Waals surface area contributed by atoms with Crippen LogP contribution in [0.5, 0.6) is 0 Å². The number of nitrogens with one attached hydrogen (secondary N) is 1. The van der Waals surface area contributed by atoms with E-state index in [9.17, 15) is 9.59 Å². The Kier molecular flexibility index (Phi) is 5.15. The molecule has 0 atom stereocenters. The fourth-order valence-electron chi connectivity index (χ4n) is 3.91. The normalized spacial score (nSPS) is 13.4. The molecule has 0 radical (unpaired) electrons. The first-order valence-electron chi connectivity index (χ1n) is 9.77. The van der Waals surface area contributed by atoms with Crippen LogP contribution in [-0.4, -0.2) is 46.2 Å². The number of amides is 2. The van der Waals surface area contributed by atoms with E-state index in [-0.39, 0.29) is 18.4 Å². The number of carbonyl (C=O) groups is 2. The van der Waals surface area contributed by atoms with Gasteiger partial charge in [-0.2, -0.15) is 0 Å². The van der Waals surface area contributed by atoms with Crippen molar-refractivity contribution in [1.29, 1.82) is 0 Å². The number of rotatable bonds is 5. The van der Waals surface area contributed by atoms with Crippen LogP contribution < -0.4 is 0 Å². The largest absolute Gasteiger partial charge is 0.361 e. The molecule has 0 bridgehead atoms. The summed E-state index contributed by atoms with van der Waals surface area (Å²) in [5.74, 6) is -0.0470. The van der Waals surface area contributed by atoms with E-state index in [1.54, 1.807) is 4.90 Å². The van der Waals surface area contributed by atoms with Gasteiger partial charge in [-0.3, -0.25) is 9.59 Å². The number of nitrogens with zero attached hydrogens (tertiary/aromatic N) is 2. The summed E-state index contributed by atoms with van der Waals surface area (Å²) in [6, 6.07) is 16.4. The van der Waals surface area contributed by atoms with Crippen molar-refractivity contribution in [2.45, 2.75) is 26.3 Å². The van der Waals surface area contributed by atoms with Crippen LogP contribution in [0.2, 0.25) is 0 Å². The van der Waals surface area contributed by atoms with E-state index in [2.05, 4.69) is 23.2 Å². The van der Waals surface area contributed by atoms with E-state index in [1.807, 2.05) is 41.4 Å². The van der Waals surface area contributed by atoms with Gasteiger partial charge in [0.2, 0.25) is 11.8 Å². The van der Waals surface area contributed by atoms with Gasteiger partial charge >= 0.3 is 0 Å². The molecule has 1 aromatic heterocycles. The number of aromatic amines is 1. The molecule has 1 aliphatic rings. The Labute approximate surface area is 165 Å². The van der Waals surface area contributed by atoms with Gasteiger partial charge in [-0.1, -0.05) is 42.5 Å². The number of carbonyl (C=O) groups excluding carboxylic acids is 2. The third kappa shape index (κ3) is 3.79. The van der Waals surface area contributed by atoms with Crippen molar-refractivity contribution in [2.75, 3.05) is 19.6 Å². The minimum absolute atomic E-state index is 0.0172. The van der Waals surface area contributed by atoms with E-state index >= 15 is 0 Å². The van der Waals surface area contributed by atoms with Gasteiger partial charge in [0.1, 0.15) is 0 Å². The van der Waals surface area contributed by atoms with Gasteiger partial charge in [0.25, 0.3) is 0 Å².